The van der Waals surface area contributed by atoms with Crippen LogP contribution in [0, 0.1) is 6.92 Å². The van der Waals surface area contributed by atoms with Gasteiger partial charge >= 0.3 is 5.97 Å². The predicted octanol–water partition coefficient (Wildman–Crippen LogP) is 3.71. The monoisotopic (exact) mass is 468 g/mol. The van der Waals surface area contributed by atoms with Crippen LogP contribution < -0.4 is 5.56 Å². The van der Waals surface area contributed by atoms with Crippen LogP contribution in [0.25, 0.3) is 16.5 Å². The fourth-order valence-electron chi connectivity index (χ4n) is 4.92. The number of carboxylic acids is 1. The Morgan fingerprint density at radius 1 is 0.857 bits per heavy atom. The fraction of sp³-hybridized carbons (Fsp3) is 0.250. The van der Waals surface area contributed by atoms with Crippen molar-refractivity contribution in [2.75, 3.05) is 26.2 Å². The van der Waals surface area contributed by atoms with E-state index in [-0.39, 0.29) is 11.1 Å². The van der Waals surface area contributed by atoms with Gasteiger partial charge in [-0.1, -0.05) is 36.4 Å². The lowest BCUT2D eigenvalue weighted by molar-refractivity contribution is 0.0693. The molecular weight excluding hydrogens is 440 g/mol. The molecular formula is C28H28N4O3. The van der Waals surface area contributed by atoms with E-state index in [4.69, 9.17) is 0 Å². The van der Waals surface area contributed by atoms with Crippen LogP contribution in [0.3, 0.4) is 0 Å². The van der Waals surface area contributed by atoms with Crippen molar-refractivity contribution in [2.24, 2.45) is 0 Å². The molecule has 0 spiro atoms. The Bertz CT molecular complexity index is 1420. The molecule has 0 saturated carbocycles. The molecule has 3 heterocycles. The Morgan fingerprint density at radius 3 is 2.11 bits per heavy atom. The highest BCUT2D eigenvalue weighted by Gasteiger charge is 2.26. The van der Waals surface area contributed by atoms with Gasteiger partial charge in [-0.2, -0.15) is 0 Å². The fourth-order valence-corrected chi connectivity index (χ4v) is 4.92. The molecule has 2 aromatic carbocycles. The molecule has 5 rings (SSSR count). The van der Waals surface area contributed by atoms with E-state index in [1.807, 2.05) is 55.7 Å². The number of aryl methyl sites for hydroxylation is 1. The maximum absolute atomic E-state index is 13.7. The van der Waals surface area contributed by atoms with Gasteiger partial charge in [-0.15, -0.1) is 0 Å². The minimum absolute atomic E-state index is 0.189. The molecule has 0 bridgehead atoms. The van der Waals surface area contributed by atoms with E-state index in [2.05, 4.69) is 14.8 Å². The minimum Gasteiger partial charge on any atom is -0.478 e. The number of rotatable bonds is 6. The number of hydrogen-bond donors (Lipinski definition) is 1. The van der Waals surface area contributed by atoms with Crippen molar-refractivity contribution in [3.63, 3.8) is 0 Å². The first-order chi connectivity index (χ1) is 17.0. The van der Waals surface area contributed by atoms with Crippen LogP contribution in [0.15, 0.2) is 77.9 Å². The van der Waals surface area contributed by atoms with E-state index in [0.717, 1.165) is 44.0 Å². The summed E-state index contributed by atoms with van der Waals surface area (Å²) < 4.78 is 1.62. The van der Waals surface area contributed by atoms with E-state index < -0.39 is 5.97 Å². The normalized spacial score (nSPS) is 14.9. The Morgan fingerprint density at radius 2 is 1.46 bits per heavy atom. The van der Waals surface area contributed by atoms with Crippen LogP contribution in [0.5, 0.6) is 0 Å². The van der Waals surface area contributed by atoms with Crippen LogP contribution in [-0.2, 0) is 13.1 Å². The lowest BCUT2D eigenvalue weighted by Crippen LogP contribution is -2.46. The van der Waals surface area contributed by atoms with E-state index in [1.165, 1.54) is 5.56 Å². The van der Waals surface area contributed by atoms with Crippen molar-refractivity contribution in [3.05, 3.63) is 106 Å². The largest absolute Gasteiger partial charge is 0.478 e. The van der Waals surface area contributed by atoms with Gasteiger partial charge in [-0.25, -0.2) is 4.79 Å². The number of carboxylic acid groups (broad SMARTS) is 1. The van der Waals surface area contributed by atoms with Crippen LogP contribution in [0.2, 0.25) is 0 Å². The SMILES string of the molecule is Cc1ccccc1-n1c(CN2CCN(Cc3ccncc3)CC2)c(C(=O)O)c2ccccc2c1=O. The molecule has 1 fully saturated rings. The van der Waals surface area contributed by atoms with Gasteiger partial charge in [0.15, 0.2) is 0 Å². The number of piperazine rings is 1. The number of hydrogen-bond acceptors (Lipinski definition) is 5. The van der Waals surface area contributed by atoms with Crippen LogP contribution in [0.4, 0.5) is 0 Å². The summed E-state index contributed by atoms with van der Waals surface area (Å²) in [7, 11) is 0. The molecule has 7 nitrogen and oxygen atoms in total. The molecule has 4 aromatic rings. The standard InChI is InChI=1S/C28H28N4O3/c1-20-6-2-5-9-24(20)32-25(26(28(34)35)22-7-3-4-8-23(22)27(32)33)19-31-16-14-30(15-17-31)18-21-10-12-29-13-11-21/h2-13H,14-19H2,1H3,(H,34,35). The molecule has 178 valence electrons. The van der Waals surface area contributed by atoms with Gasteiger partial charge in [0, 0.05) is 62.4 Å². The van der Waals surface area contributed by atoms with Gasteiger partial charge in [0.2, 0.25) is 0 Å². The molecule has 35 heavy (non-hydrogen) atoms. The van der Waals surface area contributed by atoms with Gasteiger partial charge in [0.05, 0.1) is 16.9 Å². The average molecular weight is 469 g/mol. The zero-order chi connectivity index (χ0) is 24.4. The summed E-state index contributed by atoms with van der Waals surface area (Å²) in [6.45, 7) is 6.51. The number of aromatic carboxylic acids is 1. The maximum atomic E-state index is 13.7. The summed E-state index contributed by atoms with van der Waals surface area (Å²) in [6.07, 6.45) is 3.62. The van der Waals surface area contributed by atoms with E-state index >= 15 is 0 Å². The number of para-hydroxylation sites is 1. The smallest absolute Gasteiger partial charge is 0.338 e. The molecule has 2 aromatic heterocycles. The number of fused-ring (bicyclic) bond motifs is 1. The third-order valence-electron chi connectivity index (χ3n) is 6.75. The minimum atomic E-state index is -1.02. The van der Waals surface area contributed by atoms with Crippen molar-refractivity contribution in [1.29, 1.82) is 0 Å². The van der Waals surface area contributed by atoms with Gasteiger partial charge in [-0.3, -0.25) is 24.1 Å². The Balaban J connectivity index is 1.52. The number of pyridine rings is 2. The van der Waals surface area contributed by atoms with Crippen molar-refractivity contribution >= 4 is 16.7 Å². The third kappa shape index (κ3) is 4.60. The molecule has 0 unspecified atom stereocenters. The summed E-state index contributed by atoms with van der Waals surface area (Å²) in [5.41, 5.74) is 3.40. The predicted molar refractivity (Wildman–Crippen MR) is 136 cm³/mol. The highest BCUT2D eigenvalue weighted by Crippen LogP contribution is 2.25. The van der Waals surface area contributed by atoms with Crippen LogP contribution in [-0.4, -0.2) is 56.6 Å². The second-order valence-electron chi connectivity index (χ2n) is 9.01. The lowest BCUT2D eigenvalue weighted by Gasteiger charge is -2.35. The number of aromatic nitrogens is 2. The summed E-state index contributed by atoms with van der Waals surface area (Å²) in [5.74, 6) is -1.02. The van der Waals surface area contributed by atoms with E-state index in [0.29, 0.717) is 23.0 Å². The quantitative estimate of drug-likeness (QED) is 0.465. The lowest BCUT2D eigenvalue weighted by atomic mass is 10.0. The summed E-state index contributed by atoms with van der Waals surface area (Å²) in [5, 5.41) is 11.2. The zero-order valence-electron chi connectivity index (χ0n) is 19.7. The Kier molecular flexibility index (Phi) is 6.44. The summed E-state index contributed by atoms with van der Waals surface area (Å²) >= 11 is 0. The molecule has 1 N–H and O–H groups in total. The van der Waals surface area contributed by atoms with E-state index in [9.17, 15) is 14.7 Å². The number of nitrogens with zero attached hydrogens (tertiary/aromatic N) is 4. The van der Waals surface area contributed by atoms with Gasteiger partial charge in [0.1, 0.15) is 0 Å². The molecule has 0 amide bonds. The first kappa shape index (κ1) is 23.0. The molecule has 1 aliphatic rings. The van der Waals surface area contributed by atoms with Gasteiger partial charge in [0.25, 0.3) is 5.56 Å². The second-order valence-corrected chi connectivity index (χ2v) is 9.01. The first-order valence-corrected chi connectivity index (χ1v) is 11.8. The van der Waals surface area contributed by atoms with Crippen molar-refractivity contribution < 1.29 is 9.90 Å². The van der Waals surface area contributed by atoms with Crippen molar-refractivity contribution in [2.45, 2.75) is 20.0 Å². The summed E-state index contributed by atoms with van der Waals surface area (Å²) in [4.78, 5) is 35.0. The molecule has 0 radical (unpaired) electrons. The Labute approximate surface area is 203 Å². The number of carbonyl (C=O) groups is 1. The molecule has 0 atom stereocenters. The summed E-state index contributed by atoms with van der Waals surface area (Å²) in [6, 6.07) is 18.7. The third-order valence-corrected chi connectivity index (χ3v) is 6.75. The zero-order valence-corrected chi connectivity index (χ0v) is 19.7. The molecule has 1 aliphatic heterocycles. The molecule has 7 heteroatoms. The van der Waals surface area contributed by atoms with Gasteiger partial charge in [-0.05, 0) is 42.3 Å². The van der Waals surface area contributed by atoms with Crippen LogP contribution in [0.1, 0.15) is 27.2 Å². The molecule has 1 saturated heterocycles. The van der Waals surface area contributed by atoms with Crippen LogP contribution >= 0.6 is 0 Å². The Hall–Kier alpha value is -3.81. The topological polar surface area (TPSA) is 78.7 Å². The van der Waals surface area contributed by atoms with Gasteiger partial charge < -0.3 is 5.11 Å². The maximum Gasteiger partial charge on any atom is 0.338 e. The van der Waals surface area contributed by atoms with Crippen molar-refractivity contribution in [3.8, 4) is 5.69 Å². The first-order valence-electron chi connectivity index (χ1n) is 11.8. The highest BCUT2D eigenvalue weighted by atomic mass is 16.4. The number of benzene rings is 2. The highest BCUT2D eigenvalue weighted by molar-refractivity contribution is 6.04. The van der Waals surface area contributed by atoms with Crippen molar-refractivity contribution in [1.82, 2.24) is 19.4 Å². The second kappa shape index (κ2) is 9.82. The van der Waals surface area contributed by atoms with E-state index in [1.54, 1.807) is 28.8 Å². The average Bonchev–Trinajstić information content (AvgIpc) is 2.87. The molecule has 0 aliphatic carbocycles.